The van der Waals surface area contributed by atoms with Gasteiger partial charge >= 0.3 is 5.97 Å². The highest BCUT2D eigenvalue weighted by atomic mass is 16.5. The Labute approximate surface area is 132 Å². The summed E-state index contributed by atoms with van der Waals surface area (Å²) in [5.74, 6) is -0.790. The summed E-state index contributed by atoms with van der Waals surface area (Å²) in [6.07, 6.45) is 0. The van der Waals surface area contributed by atoms with Crippen LogP contribution in [0.4, 0.5) is 0 Å². The van der Waals surface area contributed by atoms with Crippen molar-refractivity contribution < 1.29 is 14.6 Å². The molecule has 0 aromatic heterocycles. The molecule has 1 aromatic carbocycles. The topological polar surface area (TPSA) is 53.0 Å². The van der Waals surface area contributed by atoms with Crippen molar-refractivity contribution in [1.82, 2.24) is 9.80 Å². The van der Waals surface area contributed by atoms with Gasteiger partial charge in [-0.05, 0) is 37.6 Å². The predicted molar refractivity (Wildman–Crippen MR) is 86.2 cm³/mol. The molecule has 5 heteroatoms. The normalized spacial score (nSPS) is 17.6. The maximum atomic E-state index is 11.8. The van der Waals surface area contributed by atoms with Crippen LogP contribution in [0.25, 0.3) is 0 Å². The third-order valence-electron chi connectivity index (χ3n) is 4.36. The molecule has 1 N–H and O–H groups in total. The molecule has 122 valence electrons. The first-order chi connectivity index (χ1) is 10.5. The fourth-order valence-corrected chi connectivity index (χ4v) is 3.04. The molecule has 1 atom stereocenters. The van der Waals surface area contributed by atoms with E-state index < -0.39 is 12.0 Å². The number of hydrogen-bond donors (Lipinski definition) is 1. The number of ether oxygens (including phenoxy) is 1. The number of benzene rings is 1. The zero-order valence-corrected chi connectivity index (χ0v) is 13.7. The highest BCUT2D eigenvalue weighted by Crippen LogP contribution is 2.26. The molecule has 0 aliphatic carbocycles. The van der Waals surface area contributed by atoms with Crippen molar-refractivity contribution in [3.05, 3.63) is 34.9 Å². The molecule has 0 unspecified atom stereocenters. The van der Waals surface area contributed by atoms with Crippen molar-refractivity contribution in [2.24, 2.45) is 0 Å². The van der Waals surface area contributed by atoms with Crippen molar-refractivity contribution in [3.8, 4) is 0 Å². The summed E-state index contributed by atoms with van der Waals surface area (Å²) in [5.41, 5.74) is 2.98. The fourth-order valence-electron chi connectivity index (χ4n) is 3.04. The number of morpholine rings is 1. The Balaban J connectivity index is 2.08. The number of aryl methyl sites for hydroxylation is 2. The predicted octanol–water partition coefficient (Wildman–Crippen LogP) is 1.69. The number of likely N-dealkylation sites (N-methyl/N-ethyl adjacent to an activating group) is 1. The first kappa shape index (κ1) is 16.9. The van der Waals surface area contributed by atoms with Gasteiger partial charge in [0.15, 0.2) is 0 Å². The van der Waals surface area contributed by atoms with Crippen molar-refractivity contribution in [3.63, 3.8) is 0 Å². The average Bonchev–Trinajstić information content (AvgIpc) is 2.49. The second kappa shape index (κ2) is 7.72. The molecule has 2 rings (SSSR count). The van der Waals surface area contributed by atoms with Crippen LogP contribution in [0.15, 0.2) is 18.2 Å². The maximum Gasteiger partial charge on any atom is 0.325 e. The second-order valence-electron chi connectivity index (χ2n) is 5.98. The van der Waals surface area contributed by atoms with Crippen LogP contribution < -0.4 is 0 Å². The summed E-state index contributed by atoms with van der Waals surface area (Å²) in [4.78, 5) is 16.1. The average molecular weight is 306 g/mol. The first-order valence-corrected chi connectivity index (χ1v) is 7.80. The lowest BCUT2D eigenvalue weighted by Crippen LogP contribution is -2.42. The van der Waals surface area contributed by atoms with E-state index in [1.165, 1.54) is 0 Å². The van der Waals surface area contributed by atoms with E-state index in [0.717, 1.165) is 56.1 Å². The Morgan fingerprint density at radius 3 is 2.45 bits per heavy atom. The third kappa shape index (κ3) is 4.06. The molecule has 0 spiro atoms. The molecule has 1 heterocycles. The molecule has 0 bridgehead atoms. The largest absolute Gasteiger partial charge is 0.480 e. The summed E-state index contributed by atoms with van der Waals surface area (Å²) in [7, 11) is 1.89. The van der Waals surface area contributed by atoms with Gasteiger partial charge in [0.05, 0.1) is 13.2 Å². The van der Waals surface area contributed by atoms with Crippen LogP contribution in [0.5, 0.6) is 0 Å². The van der Waals surface area contributed by atoms with E-state index in [0.29, 0.717) is 0 Å². The Hall–Kier alpha value is -1.43. The van der Waals surface area contributed by atoms with Crippen molar-refractivity contribution in [2.45, 2.75) is 19.9 Å². The molecule has 1 aliphatic heterocycles. The van der Waals surface area contributed by atoms with Crippen LogP contribution in [0.2, 0.25) is 0 Å². The summed E-state index contributed by atoms with van der Waals surface area (Å²) >= 11 is 0. The van der Waals surface area contributed by atoms with E-state index in [9.17, 15) is 9.90 Å². The monoisotopic (exact) mass is 306 g/mol. The van der Waals surface area contributed by atoms with Gasteiger partial charge in [-0.15, -0.1) is 0 Å². The smallest absolute Gasteiger partial charge is 0.325 e. The van der Waals surface area contributed by atoms with Crippen LogP contribution >= 0.6 is 0 Å². The standard InChI is InChI=1S/C17H26N2O3/c1-13-5-4-6-14(2)15(13)16(17(20)21)18(3)7-8-19-9-11-22-12-10-19/h4-6,16H,7-12H2,1-3H3,(H,20,21)/t16-/m0/s1. The van der Waals surface area contributed by atoms with Crippen LogP contribution in [0.1, 0.15) is 22.7 Å². The number of aliphatic carboxylic acids is 1. The van der Waals surface area contributed by atoms with Crippen LogP contribution in [0.3, 0.4) is 0 Å². The highest BCUT2D eigenvalue weighted by molar-refractivity contribution is 5.76. The number of carboxylic acids is 1. The SMILES string of the molecule is Cc1cccc(C)c1[C@@H](C(=O)O)N(C)CCN1CCOCC1. The number of carbonyl (C=O) groups is 1. The fraction of sp³-hybridized carbons (Fsp3) is 0.588. The Bertz CT molecular complexity index is 492. The van der Waals surface area contributed by atoms with Gasteiger partial charge in [-0.1, -0.05) is 18.2 Å². The molecule has 0 radical (unpaired) electrons. The van der Waals surface area contributed by atoms with Gasteiger partial charge in [0.1, 0.15) is 6.04 Å². The first-order valence-electron chi connectivity index (χ1n) is 7.80. The van der Waals surface area contributed by atoms with Crippen LogP contribution in [-0.4, -0.2) is 67.3 Å². The van der Waals surface area contributed by atoms with Crippen LogP contribution in [-0.2, 0) is 9.53 Å². The summed E-state index contributed by atoms with van der Waals surface area (Å²) in [5, 5.41) is 9.71. The zero-order chi connectivity index (χ0) is 16.1. The van der Waals surface area contributed by atoms with Crippen LogP contribution in [0, 0.1) is 13.8 Å². The molecular formula is C17H26N2O3. The zero-order valence-electron chi connectivity index (χ0n) is 13.7. The van der Waals surface area contributed by atoms with Gasteiger partial charge in [-0.25, -0.2) is 0 Å². The molecule has 22 heavy (non-hydrogen) atoms. The van der Waals surface area contributed by atoms with Gasteiger partial charge in [-0.3, -0.25) is 14.6 Å². The van der Waals surface area contributed by atoms with Gasteiger partial charge in [0.25, 0.3) is 0 Å². The number of hydrogen-bond acceptors (Lipinski definition) is 4. The minimum atomic E-state index is -0.790. The van der Waals surface area contributed by atoms with E-state index in [-0.39, 0.29) is 0 Å². The molecular weight excluding hydrogens is 280 g/mol. The highest BCUT2D eigenvalue weighted by Gasteiger charge is 2.27. The molecule has 0 saturated carbocycles. The second-order valence-corrected chi connectivity index (χ2v) is 5.98. The number of rotatable bonds is 6. The Morgan fingerprint density at radius 1 is 1.32 bits per heavy atom. The Morgan fingerprint density at radius 2 is 1.91 bits per heavy atom. The molecule has 1 saturated heterocycles. The minimum Gasteiger partial charge on any atom is -0.480 e. The molecule has 5 nitrogen and oxygen atoms in total. The van der Waals surface area contributed by atoms with Crippen molar-refractivity contribution in [2.75, 3.05) is 46.4 Å². The molecule has 0 amide bonds. The quantitative estimate of drug-likeness (QED) is 0.867. The lowest BCUT2D eigenvalue weighted by molar-refractivity contribution is -0.143. The summed E-state index contributed by atoms with van der Waals surface area (Å²) in [6, 6.07) is 5.34. The summed E-state index contributed by atoms with van der Waals surface area (Å²) in [6.45, 7) is 8.94. The van der Waals surface area contributed by atoms with Gasteiger partial charge < -0.3 is 9.84 Å². The van der Waals surface area contributed by atoms with E-state index in [4.69, 9.17) is 4.74 Å². The maximum absolute atomic E-state index is 11.8. The Kier molecular flexibility index (Phi) is 5.94. The minimum absolute atomic E-state index is 0.595. The molecule has 1 fully saturated rings. The number of carboxylic acid groups (broad SMARTS) is 1. The molecule has 1 aromatic rings. The van der Waals surface area contributed by atoms with E-state index >= 15 is 0 Å². The van der Waals surface area contributed by atoms with Gasteiger partial charge in [0, 0.05) is 26.2 Å². The van der Waals surface area contributed by atoms with Crippen molar-refractivity contribution >= 4 is 5.97 Å². The van der Waals surface area contributed by atoms with Gasteiger partial charge in [-0.2, -0.15) is 0 Å². The third-order valence-corrected chi connectivity index (χ3v) is 4.36. The lowest BCUT2D eigenvalue weighted by Gasteiger charge is -2.31. The lowest BCUT2D eigenvalue weighted by atomic mass is 9.95. The molecule has 1 aliphatic rings. The number of nitrogens with zero attached hydrogens (tertiary/aromatic N) is 2. The summed E-state index contributed by atoms with van der Waals surface area (Å²) < 4.78 is 5.34. The van der Waals surface area contributed by atoms with E-state index in [2.05, 4.69) is 4.90 Å². The van der Waals surface area contributed by atoms with E-state index in [1.54, 1.807) is 0 Å². The van der Waals surface area contributed by atoms with Crippen molar-refractivity contribution in [1.29, 1.82) is 0 Å². The van der Waals surface area contributed by atoms with E-state index in [1.807, 2.05) is 44.0 Å². The van der Waals surface area contributed by atoms with Gasteiger partial charge in [0.2, 0.25) is 0 Å².